The molecule has 0 amide bonds. The van der Waals surface area contributed by atoms with Crippen molar-refractivity contribution in [2.45, 2.75) is 51.4 Å². The lowest BCUT2D eigenvalue weighted by molar-refractivity contribution is -0.185. The summed E-state index contributed by atoms with van der Waals surface area (Å²) in [6.45, 7) is 2.88. The predicted molar refractivity (Wildman–Crippen MR) is 91.6 cm³/mol. The van der Waals surface area contributed by atoms with Gasteiger partial charge in [-0.25, -0.2) is 9.97 Å². The quantitative estimate of drug-likeness (QED) is 0.875. The molecule has 2 unspecified atom stereocenters. The number of aromatic hydroxyl groups is 1. The zero-order valence-corrected chi connectivity index (χ0v) is 14.0. The zero-order valence-electron chi connectivity index (χ0n) is 14.0. The van der Waals surface area contributed by atoms with Gasteiger partial charge in [0.15, 0.2) is 6.29 Å². The maximum absolute atomic E-state index is 9.34. The lowest BCUT2D eigenvalue weighted by Crippen LogP contribution is -2.26. The zero-order chi connectivity index (χ0) is 16.8. The molecule has 2 heterocycles. The molecule has 0 spiro atoms. The molecular formula is C19H24N2O3. The average molecular weight is 328 g/mol. The molecule has 0 radical (unpaired) electrons. The molecule has 5 heteroatoms. The molecule has 1 aromatic carbocycles. The molecule has 1 aliphatic rings. The van der Waals surface area contributed by atoms with E-state index in [0.29, 0.717) is 0 Å². The number of nitrogens with zero attached hydrogens (tertiary/aromatic N) is 2. The number of aromatic nitrogens is 2. The third-order valence-electron chi connectivity index (χ3n) is 4.20. The second-order valence-electron chi connectivity index (χ2n) is 6.22. The minimum absolute atomic E-state index is 0.0495. The van der Waals surface area contributed by atoms with Crippen molar-refractivity contribution >= 4 is 0 Å². The van der Waals surface area contributed by atoms with Crippen LogP contribution in [0.3, 0.4) is 0 Å². The van der Waals surface area contributed by atoms with Crippen molar-refractivity contribution in [1.29, 1.82) is 0 Å². The Kier molecular flexibility index (Phi) is 5.77. The standard InChI is InChI=1S/C19H24N2O3/c1-14(24-19-4-2-3-11-23-19)5-10-18-20-12-16(13-21-18)15-6-8-17(22)9-7-15/h6-9,12-14,19,22H,2-5,10-11H2,1H3. The summed E-state index contributed by atoms with van der Waals surface area (Å²) in [5, 5.41) is 9.34. The summed E-state index contributed by atoms with van der Waals surface area (Å²) < 4.78 is 11.5. The van der Waals surface area contributed by atoms with E-state index >= 15 is 0 Å². The Morgan fingerprint density at radius 2 is 1.92 bits per heavy atom. The first-order valence-corrected chi connectivity index (χ1v) is 8.58. The monoisotopic (exact) mass is 328 g/mol. The Balaban J connectivity index is 1.49. The van der Waals surface area contributed by atoms with Gasteiger partial charge in [0.1, 0.15) is 11.6 Å². The molecule has 5 nitrogen and oxygen atoms in total. The highest BCUT2D eigenvalue weighted by Gasteiger charge is 2.17. The van der Waals surface area contributed by atoms with E-state index in [2.05, 4.69) is 16.9 Å². The van der Waals surface area contributed by atoms with E-state index < -0.39 is 0 Å². The Bertz CT molecular complexity index is 622. The van der Waals surface area contributed by atoms with Crippen LogP contribution in [0.4, 0.5) is 0 Å². The topological polar surface area (TPSA) is 64.5 Å². The van der Waals surface area contributed by atoms with Crippen LogP contribution in [-0.4, -0.2) is 34.1 Å². The maximum Gasteiger partial charge on any atom is 0.157 e. The third kappa shape index (κ3) is 4.76. The molecule has 1 fully saturated rings. The van der Waals surface area contributed by atoms with Gasteiger partial charge in [0.05, 0.1) is 6.10 Å². The van der Waals surface area contributed by atoms with Crippen LogP contribution in [0, 0.1) is 0 Å². The van der Waals surface area contributed by atoms with E-state index in [-0.39, 0.29) is 18.1 Å². The van der Waals surface area contributed by atoms with Crippen molar-refractivity contribution in [2.24, 2.45) is 0 Å². The molecule has 128 valence electrons. The molecule has 2 atom stereocenters. The first kappa shape index (κ1) is 16.9. The van der Waals surface area contributed by atoms with Gasteiger partial charge in [-0.3, -0.25) is 0 Å². The number of phenolic OH excluding ortho intramolecular Hbond substituents is 1. The Hall–Kier alpha value is -1.98. The normalized spacial score (nSPS) is 19.1. The number of rotatable bonds is 6. The number of hydrogen-bond donors (Lipinski definition) is 1. The van der Waals surface area contributed by atoms with Crippen LogP contribution < -0.4 is 0 Å². The lowest BCUT2D eigenvalue weighted by atomic mass is 10.1. The molecule has 3 rings (SSSR count). The van der Waals surface area contributed by atoms with Crippen LogP contribution in [-0.2, 0) is 15.9 Å². The summed E-state index contributed by atoms with van der Waals surface area (Å²) in [5.74, 6) is 1.07. The highest BCUT2D eigenvalue weighted by molar-refractivity contribution is 5.62. The molecule has 1 N–H and O–H groups in total. The van der Waals surface area contributed by atoms with Crippen molar-refractivity contribution in [2.75, 3.05) is 6.61 Å². The van der Waals surface area contributed by atoms with Gasteiger partial charge >= 0.3 is 0 Å². The molecule has 0 aliphatic carbocycles. The van der Waals surface area contributed by atoms with Crippen molar-refractivity contribution in [3.8, 4) is 16.9 Å². The Labute approximate surface area is 142 Å². The second kappa shape index (κ2) is 8.22. The van der Waals surface area contributed by atoms with Gasteiger partial charge in [0.25, 0.3) is 0 Å². The molecule has 1 aliphatic heterocycles. The minimum atomic E-state index is -0.0495. The van der Waals surface area contributed by atoms with Gasteiger partial charge in [-0.15, -0.1) is 0 Å². The predicted octanol–water partition coefficient (Wildman–Crippen LogP) is 3.71. The van der Waals surface area contributed by atoms with E-state index in [0.717, 1.165) is 49.2 Å². The van der Waals surface area contributed by atoms with Crippen LogP contribution >= 0.6 is 0 Å². The lowest BCUT2D eigenvalue weighted by Gasteiger charge is -2.25. The number of aryl methyl sites for hydroxylation is 1. The summed E-state index contributed by atoms with van der Waals surface area (Å²) in [6, 6.07) is 7.03. The molecule has 1 aromatic heterocycles. The van der Waals surface area contributed by atoms with Crippen LogP contribution in [0.5, 0.6) is 5.75 Å². The summed E-state index contributed by atoms with van der Waals surface area (Å²) in [6.07, 6.45) is 8.69. The summed E-state index contributed by atoms with van der Waals surface area (Å²) in [4.78, 5) is 8.87. The second-order valence-corrected chi connectivity index (χ2v) is 6.22. The Morgan fingerprint density at radius 3 is 2.58 bits per heavy atom. The molecule has 24 heavy (non-hydrogen) atoms. The smallest absolute Gasteiger partial charge is 0.157 e. The van der Waals surface area contributed by atoms with Gasteiger partial charge in [-0.1, -0.05) is 12.1 Å². The van der Waals surface area contributed by atoms with E-state index in [1.807, 2.05) is 24.5 Å². The van der Waals surface area contributed by atoms with Crippen LogP contribution in [0.15, 0.2) is 36.7 Å². The van der Waals surface area contributed by atoms with Gasteiger partial charge < -0.3 is 14.6 Å². The van der Waals surface area contributed by atoms with E-state index in [1.54, 1.807) is 12.1 Å². The van der Waals surface area contributed by atoms with Crippen LogP contribution in [0.25, 0.3) is 11.1 Å². The van der Waals surface area contributed by atoms with E-state index in [1.165, 1.54) is 6.42 Å². The van der Waals surface area contributed by atoms with Gasteiger partial charge in [0.2, 0.25) is 0 Å². The SMILES string of the molecule is CC(CCc1ncc(-c2ccc(O)cc2)cn1)OC1CCCCO1. The largest absolute Gasteiger partial charge is 0.508 e. The summed E-state index contributed by atoms with van der Waals surface area (Å²) in [7, 11) is 0. The number of benzene rings is 1. The van der Waals surface area contributed by atoms with Gasteiger partial charge in [-0.05, 0) is 50.3 Å². The van der Waals surface area contributed by atoms with Crippen molar-refractivity contribution in [3.05, 3.63) is 42.5 Å². The van der Waals surface area contributed by atoms with Crippen molar-refractivity contribution in [1.82, 2.24) is 9.97 Å². The molecule has 2 aromatic rings. The highest BCUT2D eigenvalue weighted by atomic mass is 16.7. The van der Waals surface area contributed by atoms with Gasteiger partial charge in [0, 0.05) is 31.0 Å². The van der Waals surface area contributed by atoms with Crippen molar-refractivity contribution in [3.63, 3.8) is 0 Å². The molecule has 0 saturated carbocycles. The number of ether oxygens (including phenoxy) is 2. The first-order chi connectivity index (χ1) is 11.7. The fourth-order valence-corrected chi connectivity index (χ4v) is 2.76. The van der Waals surface area contributed by atoms with Crippen LogP contribution in [0.1, 0.15) is 38.4 Å². The average Bonchev–Trinajstić information content (AvgIpc) is 2.62. The number of hydrogen-bond acceptors (Lipinski definition) is 5. The van der Waals surface area contributed by atoms with Crippen molar-refractivity contribution < 1.29 is 14.6 Å². The van der Waals surface area contributed by atoms with E-state index in [4.69, 9.17) is 9.47 Å². The molecular weight excluding hydrogens is 304 g/mol. The summed E-state index contributed by atoms with van der Waals surface area (Å²) in [5.41, 5.74) is 1.93. The van der Waals surface area contributed by atoms with Crippen LogP contribution in [0.2, 0.25) is 0 Å². The number of phenols is 1. The molecule has 1 saturated heterocycles. The van der Waals surface area contributed by atoms with E-state index in [9.17, 15) is 5.11 Å². The highest BCUT2D eigenvalue weighted by Crippen LogP contribution is 2.21. The summed E-state index contributed by atoms with van der Waals surface area (Å²) >= 11 is 0. The fourth-order valence-electron chi connectivity index (χ4n) is 2.76. The fraction of sp³-hybridized carbons (Fsp3) is 0.474. The minimum Gasteiger partial charge on any atom is -0.508 e. The Morgan fingerprint density at radius 1 is 1.17 bits per heavy atom. The van der Waals surface area contributed by atoms with Gasteiger partial charge in [-0.2, -0.15) is 0 Å². The maximum atomic E-state index is 9.34. The third-order valence-corrected chi connectivity index (χ3v) is 4.20. The molecule has 0 bridgehead atoms. The first-order valence-electron chi connectivity index (χ1n) is 8.58.